The van der Waals surface area contributed by atoms with Crippen molar-refractivity contribution < 1.29 is 9.53 Å². The van der Waals surface area contributed by atoms with Gasteiger partial charge in [-0.3, -0.25) is 4.79 Å². The highest BCUT2D eigenvalue weighted by Gasteiger charge is 2.24. The summed E-state index contributed by atoms with van der Waals surface area (Å²) in [6.07, 6.45) is 10.7. The van der Waals surface area contributed by atoms with Gasteiger partial charge in [0.05, 0.1) is 6.61 Å². The predicted octanol–water partition coefficient (Wildman–Crippen LogP) is 4.20. The van der Waals surface area contributed by atoms with Crippen LogP contribution in [-0.4, -0.2) is 55.0 Å². The first-order valence-electron chi connectivity index (χ1n) is 11.0. The van der Waals surface area contributed by atoms with Gasteiger partial charge in [0, 0.05) is 31.7 Å². The lowest BCUT2D eigenvalue weighted by molar-refractivity contribution is 0.0760. The second-order valence-corrected chi connectivity index (χ2v) is 8.73. The van der Waals surface area contributed by atoms with E-state index in [1.54, 1.807) is 0 Å². The van der Waals surface area contributed by atoms with E-state index in [0.717, 1.165) is 62.4 Å². The lowest BCUT2D eigenvalue weighted by Gasteiger charge is -2.28. The quantitative estimate of drug-likeness (QED) is 0.752. The van der Waals surface area contributed by atoms with Crippen LogP contribution in [0.4, 0.5) is 0 Å². The summed E-state index contributed by atoms with van der Waals surface area (Å²) in [5, 5.41) is 0. The summed E-state index contributed by atoms with van der Waals surface area (Å²) in [6.45, 7) is 5.93. The first-order valence-corrected chi connectivity index (χ1v) is 11.0. The molecule has 1 amide bonds. The fourth-order valence-electron chi connectivity index (χ4n) is 4.47. The Morgan fingerprint density at radius 1 is 0.852 bits per heavy atom. The summed E-state index contributed by atoms with van der Waals surface area (Å²) in [6, 6.07) is 7.75. The van der Waals surface area contributed by atoms with Gasteiger partial charge in [-0.25, -0.2) is 0 Å². The maximum absolute atomic E-state index is 12.9. The lowest BCUT2D eigenvalue weighted by atomic mass is 9.89. The molecule has 27 heavy (non-hydrogen) atoms. The molecule has 1 aromatic rings. The Bertz CT molecular complexity index is 605. The molecule has 0 spiro atoms. The molecule has 0 N–H and O–H groups in total. The van der Waals surface area contributed by atoms with Crippen LogP contribution >= 0.6 is 0 Å². The van der Waals surface area contributed by atoms with Crippen molar-refractivity contribution in [3.63, 3.8) is 0 Å². The Labute approximate surface area is 163 Å². The number of benzene rings is 1. The van der Waals surface area contributed by atoms with E-state index in [1.165, 1.54) is 51.5 Å². The summed E-state index contributed by atoms with van der Waals surface area (Å²) in [5.74, 6) is 2.68. The molecule has 0 radical (unpaired) electrons. The smallest absolute Gasteiger partial charge is 0.253 e. The molecule has 2 saturated carbocycles. The van der Waals surface area contributed by atoms with Crippen molar-refractivity contribution in [2.24, 2.45) is 11.8 Å². The van der Waals surface area contributed by atoms with E-state index < -0.39 is 0 Å². The molecule has 3 aliphatic rings. The molecular weight excluding hydrogens is 336 g/mol. The molecule has 3 fully saturated rings. The van der Waals surface area contributed by atoms with Crippen LogP contribution in [0.25, 0.3) is 0 Å². The average Bonchev–Trinajstić information content (AvgIpc) is 3.55. The van der Waals surface area contributed by atoms with Crippen LogP contribution in [0.2, 0.25) is 0 Å². The minimum absolute atomic E-state index is 0.170. The van der Waals surface area contributed by atoms with Gasteiger partial charge in [-0.1, -0.05) is 19.3 Å². The zero-order chi connectivity index (χ0) is 18.5. The standard InChI is InChI=1S/C23H34N2O2/c26-23(21-9-11-22(12-10-21)27-18-20-7-8-20)25-14-4-13-24(15-16-25)17-19-5-2-1-3-6-19/h9-12,19-20H,1-8,13-18H2. The molecule has 0 bridgehead atoms. The van der Waals surface area contributed by atoms with Crippen molar-refractivity contribution in [2.75, 3.05) is 39.3 Å². The van der Waals surface area contributed by atoms with Crippen LogP contribution in [0.3, 0.4) is 0 Å². The van der Waals surface area contributed by atoms with Crippen molar-refractivity contribution in [1.29, 1.82) is 0 Å². The number of nitrogens with zero attached hydrogens (tertiary/aromatic N) is 2. The zero-order valence-corrected chi connectivity index (χ0v) is 16.6. The van der Waals surface area contributed by atoms with Crippen molar-refractivity contribution in [1.82, 2.24) is 9.80 Å². The van der Waals surface area contributed by atoms with Gasteiger partial charge in [0.1, 0.15) is 5.75 Å². The van der Waals surface area contributed by atoms with Gasteiger partial charge in [0.15, 0.2) is 0 Å². The summed E-state index contributed by atoms with van der Waals surface area (Å²) >= 11 is 0. The van der Waals surface area contributed by atoms with Gasteiger partial charge in [-0.05, 0) is 74.8 Å². The molecule has 1 heterocycles. The number of carbonyl (C=O) groups excluding carboxylic acids is 1. The van der Waals surface area contributed by atoms with E-state index in [2.05, 4.69) is 4.90 Å². The third-order valence-electron chi connectivity index (χ3n) is 6.40. The largest absolute Gasteiger partial charge is 0.493 e. The molecule has 4 rings (SSSR count). The number of hydrogen-bond acceptors (Lipinski definition) is 3. The maximum atomic E-state index is 12.9. The number of rotatable bonds is 6. The molecular formula is C23H34N2O2. The fraction of sp³-hybridized carbons (Fsp3) is 0.696. The Hall–Kier alpha value is -1.55. The van der Waals surface area contributed by atoms with Crippen LogP contribution in [0, 0.1) is 11.8 Å². The third kappa shape index (κ3) is 5.47. The van der Waals surface area contributed by atoms with Gasteiger partial charge in [-0.2, -0.15) is 0 Å². The molecule has 148 valence electrons. The summed E-state index contributed by atoms with van der Waals surface area (Å²) < 4.78 is 5.78. The molecule has 0 unspecified atom stereocenters. The van der Waals surface area contributed by atoms with Crippen molar-refractivity contribution >= 4 is 5.91 Å². The maximum Gasteiger partial charge on any atom is 0.253 e. The second-order valence-electron chi connectivity index (χ2n) is 8.73. The van der Waals surface area contributed by atoms with Crippen molar-refractivity contribution in [2.45, 2.75) is 51.4 Å². The Kier molecular flexibility index (Phi) is 6.33. The molecule has 2 aliphatic carbocycles. The van der Waals surface area contributed by atoms with E-state index in [1.807, 2.05) is 29.2 Å². The zero-order valence-electron chi connectivity index (χ0n) is 16.6. The van der Waals surface area contributed by atoms with Crippen LogP contribution in [0.1, 0.15) is 61.7 Å². The fourth-order valence-corrected chi connectivity index (χ4v) is 4.47. The van der Waals surface area contributed by atoms with Crippen LogP contribution in [-0.2, 0) is 0 Å². The van der Waals surface area contributed by atoms with Gasteiger partial charge in [0.2, 0.25) is 0 Å². The Morgan fingerprint density at radius 2 is 1.63 bits per heavy atom. The molecule has 1 saturated heterocycles. The highest BCUT2D eigenvalue weighted by molar-refractivity contribution is 5.94. The number of carbonyl (C=O) groups is 1. The first-order chi connectivity index (χ1) is 13.3. The minimum Gasteiger partial charge on any atom is -0.493 e. The molecule has 1 aromatic carbocycles. The van der Waals surface area contributed by atoms with E-state index in [-0.39, 0.29) is 5.91 Å². The molecule has 4 heteroatoms. The Morgan fingerprint density at radius 3 is 2.37 bits per heavy atom. The topological polar surface area (TPSA) is 32.8 Å². The van der Waals surface area contributed by atoms with Gasteiger partial charge in [0.25, 0.3) is 5.91 Å². The summed E-state index contributed by atoms with van der Waals surface area (Å²) in [5.41, 5.74) is 0.787. The lowest BCUT2D eigenvalue weighted by Crippen LogP contribution is -2.36. The highest BCUT2D eigenvalue weighted by atomic mass is 16.5. The van der Waals surface area contributed by atoms with Crippen LogP contribution in [0.15, 0.2) is 24.3 Å². The van der Waals surface area contributed by atoms with E-state index in [4.69, 9.17) is 4.74 Å². The molecule has 1 aliphatic heterocycles. The predicted molar refractivity (Wildman–Crippen MR) is 108 cm³/mol. The number of hydrogen-bond donors (Lipinski definition) is 0. The second kappa shape index (κ2) is 9.09. The number of ether oxygens (including phenoxy) is 1. The average molecular weight is 371 g/mol. The molecule has 4 nitrogen and oxygen atoms in total. The van der Waals surface area contributed by atoms with E-state index in [9.17, 15) is 4.79 Å². The van der Waals surface area contributed by atoms with Gasteiger partial charge < -0.3 is 14.5 Å². The first kappa shape index (κ1) is 18.8. The van der Waals surface area contributed by atoms with E-state index >= 15 is 0 Å². The number of amides is 1. The molecule has 0 atom stereocenters. The highest BCUT2D eigenvalue weighted by Crippen LogP contribution is 2.29. The van der Waals surface area contributed by atoms with Gasteiger partial charge in [-0.15, -0.1) is 0 Å². The van der Waals surface area contributed by atoms with Crippen molar-refractivity contribution in [3.05, 3.63) is 29.8 Å². The van der Waals surface area contributed by atoms with Crippen LogP contribution < -0.4 is 4.74 Å². The molecule has 0 aromatic heterocycles. The van der Waals surface area contributed by atoms with Crippen molar-refractivity contribution in [3.8, 4) is 5.75 Å². The summed E-state index contributed by atoms with van der Waals surface area (Å²) in [7, 11) is 0. The Balaban J connectivity index is 1.26. The van der Waals surface area contributed by atoms with Gasteiger partial charge >= 0.3 is 0 Å². The summed E-state index contributed by atoms with van der Waals surface area (Å²) in [4.78, 5) is 17.5. The third-order valence-corrected chi connectivity index (χ3v) is 6.40. The van der Waals surface area contributed by atoms with E-state index in [0.29, 0.717) is 0 Å². The van der Waals surface area contributed by atoms with Crippen LogP contribution in [0.5, 0.6) is 5.75 Å². The normalized spacial score (nSPS) is 22.4. The minimum atomic E-state index is 0.170. The monoisotopic (exact) mass is 370 g/mol. The SMILES string of the molecule is O=C(c1ccc(OCC2CC2)cc1)N1CCCN(CC2CCCCC2)CC1.